The number of amides is 2. The van der Waals surface area contributed by atoms with Crippen LogP contribution in [-0.2, 0) is 9.53 Å². The van der Waals surface area contributed by atoms with Crippen LogP contribution in [0.15, 0.2) is 0 Å². The summed E-state index contributed by atoms with van der Waals surface area (Å²) in [6.07, 6.45) is 1.45. The van der Waals surface area contributed by atoms with Crippen LogP contribution in [0.4, 0.5) is 4.79 Å². The molecular weight excluding hydrogens is 268 g/mol. The lowest BCUT2D eigenvalue weighted by atomic mass is 9.72. The summed E-state index contributed by atoms with van der Waals surface area (Å²) in [6, 6.07) is 0. The summed E-state index contributed by atoms with van der Waals surface area (Å²) in [7, 11) is 0. The number of hydrogen-bond acceptors (Lipinski definition) is 3. The molecule has 2 aliphatic rings. The Labute approximate surface area is 127 Å². The summed E-state index contributed by atoms with van der Waals surface area (Å²) in [6.45, 7) is 12.5. The van der Waals surface area contributed by atoms with Crippen molar-refractivity contribution in [2.45, 2.75) is 53.1 Å². The molecule has 0 aromatic heterocycles. The Morgan fingerprint density at radius 1 is 1.43 bits per heavy atom. The number of rotatable bonds is 1. The van der Waals surface area contributed by atoms with Crippen molar-refractivity contribution in [3.63, 3.8) is 0 Å². The molecule has 0 saturated carbocycles. The first kappa shape index (κ1) is 16.1. The van der Waals surface area contributed by atoms with Crippen molar-refractivity contribution in [1.29, 1.82) is 0 Å². The van der Waals surface area contributed by atoms with Gasteiger partial charge in [-0.3, -0.25) is 4.79 Å². The highest BCUT2D eigenvalue weighted by Crippen LogP contribution is 2.44. The highest BCUT2D eigenvalue weighted by atomic mass is 16.6. The van der Waals surface area contributed by atoms with E-state index in [9.17, 15) is 9.59 Å². The van der Waals surface area contributed by atoms with Gasteiger partial charge in [-0.25, -0.2) is 4.79 Å². The molecule has 2 amide bonds. The average Bonchev–Trinajstić information content (AvgIpc) is 2.62. The minimum absolute atomic E-state index is 0.214. The fraction of sp³-hybridized carbons (Fsp3) is 0.875. The van der Waals surface area contributed by atoms with Crippen molar-refractivity contribution in [2.24, 2.45) is 11.3 Å². The number of carbonyl (C=O) groups is 2. The molecule has 1 spiro atoms. The van der Waals surface area contributed by atoms with E-state index in [1.54, 1.807) is 4.90 Å². The van der Waals surface area contributed by atoms with E-state index in [4.69, 9.17) is 4.74 Å². The lowest BCUT2D eigenvalue weighted by molar-refractivity contribution is -0.139. The quantitative estimate of drug-likeness (QED) is 0.747. The maximum Gasteiger partial charge on any atom is 0.410 e. The van der Waals surface area contributed by atoms with E-state index >= 15 is 0 Å². The smallest absolute Gasteiger partial charge is 0.410 e. The molecular formula is C16H28N2O3. The minimum Gasteiger partial charge on any atom is -0.444 e. The van der Waals surface area contributed by atoms with Crippen molar-refractivity contribution in [2.75, 3.05) is 26.2 Å². The maximum atomic E-state index is 12.7. The van der Waals surface area contributed by atoms with Gasteiger partial charge >= 0.3 is 6.09 Å². The number of ether oxygens (including phenoxy) is 1. The van der Waals surface area contributed by atoms with E-state index in [0.29, 0.717) is 13.1 Å². The van der Waals surface area contributed by atoms with Crippen molar-refractivity contribution < 1.29 is 14.3 Å². The fourth-order valence-corrected chi connectivity index (χ4v) is 3.53. The number of hydrogen-bond donors (Lipinski definition) is 0. The third-order valence-electron chi connectivity index (χ3n) is 4.71. The van der Waals surface area contributed by atoms with Gasteiger partial charge in [-0.1, -0.05) is 6.92 Å². The van der Waals surface area contributed by atoms with Crippen molar-refractivity contribution >= 4 is 12.0 Å². The average molecular weight is 296 g/mol. The topological polar surface area (TPSA) is 49.9 Å². The van der Waals surface area contributed by atoms with Crippen LogP contribution in [0.1, 0.15) is 47.5 Å². The lowest BCUT2D eigenvalue weighted by Gasteiger charge is -2.41. The highest BCUT2D eigenvalue weighted by Gasteiger charge is 2.54. The molecule has 0 N–H and O–H groups in total. The van der Waals surface area contributed by atoms with Crippen LogP contribution in [0.3, 0.4) is 0 Å². The molecule has 21 heavy (non-hydrogen) atoms. The van der Waals surface area contributed by atoms with Gasteiger partial charge in [0, 0.05) is 26.2 Å². The van der Waals surface area contributed by atoms with Gasteiger partial charge in [0.05, 0.1) is 5.41 Å². The number of likely N-dealkylation sites (tertiary alicyclic amines) is 2. The summed E-state index contributed by atoms with van der Waals surface area (Å²) in [4.78, 5) is 28.7. The van der Waals surface area contributed by atoms with Gasteiger partial charge < -0.3 is 14.5 Å². The van der Waals surface area contributed by atoms with Crippen molar-refractivity contribution in [3.8, 4) is 0 Å². The van der Waals surface area contributed by atoms with Gasteiger partial charge in [-0.05, 0) is 46.5 Å². The van der Waals surface area contributed by atoms with Gasteiger partial charge in [0.15, 0.2) is 0 Å². The Hall–Kier alpha value is -1.26. The second-order valence-corrected chi connectivity index (χ2v) is 7.41. The summed E-state index contributed by atoms with van der Waals surface area (Å²) in [5.74, 6) is 0.501. The van der Waals surface area contributed by atoms with E-state index < -0.39 is 11.0 Å². The van der Waals surface area contributed by atoms with Crippen molar-refractivity contribution in [3.05, 3.63) is 0 Å². The van der Waals surface area contributed by atoms with E-state index in [2.05, 4.69) is 6.92 Å². The SMILES string of the molecule is CCN1CC(C)C2(CCCN(C(=O)OC(C)(C)C)C2)C1=O. The molecule has 2 fully saturated rings. The van der Waals surface area contributed by atoms with Crippen LogP contribution < -0.4 is 0 Å². The first-order valence-corrected chi connectivity index (χ1v) is 7.97. The Morgan fingerprint density at radius 3 is 2.62 bits per heavy atom. The molecule has 2 rings (SSSR count). The molecule has 120 valence electrons. The molecule has 2 aliphatic heterocycles. The van der Waals surface area contributed by atoms with Crippen LogP contribution in [0.2, 0.25) is 0 Å². The predicted molar refractivity (Wildman–Crippen MR) is 80.9 cm³/mol. The van der Waals surface area contributed by atoms with Gasteiger partial charge in [-0.2, -0.15) is 0 Å². The second-order valence-electron chi connectivity index (χ2n) is 7.41. The number of nitrogens with zero attached hydrogens (tertiary/aromatic N) is 2. The van der Waals surface area contributed by atoms with Crippen LogP contribution in [-0.4, -0.2) is 53.6 Å². The van der Waals surface area contributed by atoms with Gasteiger partial charge in [0.1, 0.15) is 5.60 Å². The number of carbonyl (C=O) groups excluding carboxylic acids is 2. The van der Waals surface area contributed by atoms with Gasteiger partial charge in [-0.15, -0.1) is 0 Å². The van der Waals surface area contributed by atoms with E-state index in [1.165, 1.54) is 0 Å². The molecule has 0 radical (unpaired) electrons. The van der Waals surface area contributed by atoms with Gasteiger partial charge in [0.25, 0.3) is 0 Å². The normalized spacial score (nSPS) is 30.1. The maximum absolute atomic E-state index is 12.7. The summed E-state index contributed by atoms with van der Waals surface area (Å²) in [5, 5.41) is 0. The lowest BCUT2D eigenvalue weighted by Crippen LogP contribution is -2.52. The van der Waals surface area contributed by atoms with Crippen LogP contribution in [0.25, 0.3) is 0 Å². The summed E-state index contributed by atoms with van der Waals surface area (Å²) < 4.78 is 5.47. The first-order chi connectivity index (χ1) is 9.69. The molecule has 0 aromatic carbocycles. The van der Waals surface area contributed by atoms with Crippen molar-refractivity contribution in [1.82, 2.24) is 9.80 Å². The standard InChI is InChI=1S/C16H28N2O3/c1-6-17-10-12(2)16(13(17)19)8-7-9-18(11-16)14(20)21-15(3,4)5/h12H,6-11H2,1-5H3. The second kappa shape index (κ2) is 5.50. The zero-order valence-electron chi connectivity index (χ0n) is 13.9. The molecule has 5 heteroatoms. The zero-order valence-corrected chi connectivity index (χ0v) is 13.9. The molecule has 0 aromatic rings. The molecule has 2 heterocycles. The van der Waals surface area contributed by atoms with E-state index in [-0.39, 0.29) is 17.9 Å². The molecule has 0 aliphatic carbocycles. The molecule has 2 saturated heterocycles. The van der Waals surface area contributed by atoms with Crippen LogP contribution >= 0.6 is 0 Å². The highest BCUT2D eigenvalue weighted by molar-refractivity contribution is 5.86. The van der Waals surface area contributed by atoms with Crippen LogP contribution in [0, 0.1) is 11.3 Å². The Kier molecular flexibility index (Phi) is 4.22. The first-order valence-electron chi connectivity index (χ1n) is 7.97. The molecule has 0 bridgehead atoms. The van der Waals surface area contributed by atoms with Crippen LogP contribution in [0.5, 0.6) is 0 Å². The largest absolute Gasteiger partial charge is 0.444 e. The fourth-order valence-electron chi connectivity index (χ4n) is 3.53. The minimum atomic E-state index is -0.498. The molecule has 2 atom stereocenters. The summed E-state index contributed by atoms with van der Waals surface area (Å²) >= 11 is 0. The molecule has 5 nitrogen and oxygen atoms in total. The number of piperidine rings is 1. The van der Waals surface area contributed by atoms with E-state index in [1.807, 2.05) is 32.6 Å². The monoisotopic (exact) mass is 296 g/mol. The Morgan fingerprint density at radius 2 is 2.10 bits per heavy atom. The zero-order chi connectivity index (χ0) is 15.8. The third kappa shape index (κ3) is 3.01. The predicted octanol–water partition coefficient (Wildman–Crippen LogP) is 2.50. The Balaban J connectivity index is 2.13. The summed E-state index contributed by atoms with van der Waals surface area (Å²) in [5.41, 5.74) is -0.895. The Bertz CT molecular complexity index is 430. The van der Waals surface area contributed by atoms with E-state index in [0.717, 1.165) is 25.9 Å². The molecule has 2 unspecified atom stereocenters. The third-order valence-corrected chi connectivity index (χ3v) is 4.71. The van der Waals surface area contributed by atoms with Gasteiger partial charge in [0.2, 0.25) is 5.91 Å².